The number of hydrogen-bond donors (Lipinski definition) is 0. The molecule has 47 heavy (non-hydrogen) atoms. The van der Waals surface area contributed by atoms with Gasteiger partial charge in [0, 0.05) is 78.1 Å². The molecule has 8 nitrogen and oxygen atoms in total. The van der Waals surface area contributed by atoms with Gasteiger partial charge in [-0.1, -0.05) is 42.5 Å². The first-order valence-corrected chi connectivity index (χ1v) is 16.4. The van der Waals surface area contributed by atoms with Gasteiger partial charge in [0.25, 0.3) is 5.91 Å². The Morgan fingerprint density at radius 3 is 1.96 bits per heavy atom. The normalized spacial score (nSPS) is 14.1. The van der Waals surface area contributed by atoms with Crippen molar-refractivity contribution < 1.29 is 9.53 Å². The molecule has 1 amide bonds. The molecule has 0 unspecified atom stereocenters. The van der Waals surface area contributed by atoms with Gasteiger partial charge in [0.05, 0.1) is 23.3 Å². The summed E-state index contributed by atoms with van der Waals surface area (Å²) in [6, 6.07) is 31.9. The molecule has 2 aliphatic heterocycles. The highest BCUT2D eigenvalue weighted by Crippen LogP contribution is 2.58. The van der Waals surface area contributed by atoms with Gasteiger partial charge in [0.1, 0.15) is 17.0 Å². The summed E-state index contributed by atoms with van der Waals surface area (Å²) in [5, 5.41) is 6.60. The minimum atomic E-state index is -1.06. The third-order valence-electron chi connectivity index (χ3n) is 9.25. The number of aromatic nitrogens is 2. The molecule has 1 spiro atoms. The highest BCUT2D eigenvalue weighted by Gasteiger charge is 2.57. The fourth-order valence-corrected chi connectivity index (χ4v) is 6.94. The van der Waals surface area contributed by atoms with Gasteiger partial charge in [-0.15, -0.1) is 0 Å². The smallest absolute Gasteiger partial charge is 0.275 e. The van der Waals surface area contributed by atoms with Crippen LogP contribution in [-0.4, -0.2) is 53.3 Å². The molecule has 2 aromatic heterocycles. The summed E-state index contributed by atoms with van der Waals surface area (Å²) in [5.74, 6) is 1.23. The van der Waals surface area contributed by atoms with Gasteiger partial charge in [-0.25, -0.2) is 9.99 Å². The molecule has 0 N–H and O–H groups in total. The second-order valence-corrected chi connectivity index (χ2v) is 11.6. The van der Waals surface area contributed by atoms with Crippen molar-refractivity contribution in [3.8, 4) is 22.9 Å². The zero-order valence-electron chi connectivity index (χ0n) is 27.2. The number of rotatable bonds is 9. The maximum atomic E-state index is 14.5. The van der Waals surface area contributed by atoms with Crippen molar-refractivity contribution in [3.05, 3.63) is 131 Å². The van der Waals surface area contributed by atoms with Crippen molar-refractivity contribution in [1.82, 2.24) is 15.0 Å². The van der Waals surface area contributed by atoms with Crippen LogP contribution >= 0.6 is 0 Å². The molecule has 5 aromatic rings. The Balaban J connectivity index is 1.45. The van der Waals surface area contributed by atoms with Crippen molar-refractivity contribution >= 4 is 23.5 Å². The lowest BCUT2D eigenvalue weighted by Gasteiger charge is -2.42. The van der Waals surface area contributed by atoms with Gasteiger partial charge in [-0.05, 0) is 70.2 Å². The molecule has 0 atom stereocenters. The van der Waals surface area contributed by atoms with Crippen LogP contribution in [-0.2, 0) is 5.54 Å². The molecule has 7 rings (SSSR count). The van der Waals surface area contributed by atoms with Crippen LogP contribution in [0.5, 0.6) is 11.5 Å². The Labute approximate surface area is 276 Å². The predicted molar refractivity (Wildman–Crippen MR) is 188 cm³/mol. The van der Waals surface area contributed by atoms with E-state index < -0.39 is 5.54 Å². The summed E-state index contributed by atoms with van der Waals surface area (Å²) >= 11 is 0. The summed E-state index contributed by atoms with van der Waals surface area (Å²) in [6.07, 6.45) is 3.42. The Kier molecular flexibility index (Phi) is 7.93. The number of fused-ring (bicyclic) bond motifs is 6. The van der Waals surface area contributed by atoms with E-state index in [1.165, 1.54) is 0 Å². The van der Waals surface area contributed by atoms with E-state index in [0.29, 0.717) is 22.8 Å². The van der Waals surface area contributed by atoms with Crippen LogP contribution in [0.15, 0.2) is 108 Å². The quantitative estimate of drug-likeness (QED) is 0.157. The number of carbonyl (C=O) groups excluding carboxylic acids is 1. The molecule has 0 saturated heterocycles. The van der Waals surface area contributed by atoms with Gasteiger partial charge in [0.2, 0.25) is 0 Å². The van der Waals surface area contributed by atoms with Crippen LogP contribution in [0.4, 0.5) is 11.4 Å². The number of hydrogen-bond acceptors (Lipinski definition) is 7. The van der Waals surface area contributed by atoms with E-state index in [-0.39, 0.29) is 5.91 Å². The van der Waals surface area contributed by atoms with E-state index in [0.717, 1.165) is 65.6 Å². The summed E-state index contributed by atoms with van der Waals surface area (Å²) in [5.41, 5.74) is 6.39. The Hall–Kier alpha value is -5.50. The third kappa shape index (κ3) is 4.92. The van der Waals surface area contributed by atoms with E-state index in [1.54, 1.807) is 17.4 Å². The average Bonchev–Trinajstić information content (AvgIpc) is 3.36. The van der Waals surface area contributed by atoms with E-state index in [4.69, 9.17) is 14.8 Å². The first kappa shape index (κ1) is 30.2. The van der Waals surface area contributed by atoms with Crippen molar-refractivity contribution in [2.24, 2.45) is 5.10 Å². The zero-order valence-corrected chi connectivity index (χ0v) is 27.2. The Morgan fingerprint density at radius 1 is 0.723 bits per heavy atom. The minimum absolute atomic E-state index is 0.183. The fourth-order valence-electron chi connectivity index (χ4n) is 6.94. The van der Waals surface area contributed by atoms with Gasteiger partial charge in [-0.3, -0.25) is 9.78 Å². The van der Waals surface area contributed by atoms with E-state index in [9.17, 15) is 4.79 Å². The molecule has 236 valence electrons. The van der Waals surface area contributed by atoms with Crippen molar-refractivity contribution in [1.29, 1.82) is 0 Å². The maximum absolute atomic E-state index is 14.5. The lowest BCUT2D eigenvalue weighted by atomic mass is 9.75. The maximum Gasteiger partial charge on any atom is 0.275 e. The van der Waals surface area contributed by atoms with Crippen molar-refractivity contribution in [2.45, 2.75) is 33.2 Å². The number of anilines is 2. The van der Waals surface area contributed by atoms with Crippen LogP contribution in [0.1, 0.15) is 60.4 Å². The Morgan fingerprint density at radius 2 is 1.34 bits per heavy atom. The van der Waals surface area contributed by atoms with Crippen molar-refractivity contribution in [3.63, 3.8) is 0 Å². The molecule has 3 aromatic carbocycles. The molecule has 0 fully saturated rings. The fraction of sp³-hybridized carbons (Fsp3) is 0.231. The molecule has 0 radical (unpaired) electrons. The monoisotopic (exact) mass is 622 g/mol. The summed E-state index contributed by atoms with van der Waals surface area (Å²) in [6.45, 7) is 12.1. The number of nitrogens with zero attached hydrogens (tertiary/aromatic N) is 6. The molecular formula is C39H38N6O2. The molecule has 4 heterocycles. The predicted octanol–water partition coefficient (Wildman–Crippen LogP) is 7.72. The number of benzene rings is 3. The van der Waals surface area contributed by atoms with Gasteiger partial charge < -0.3 is 14.5 Å². The summed E-state index contributed by atoms with van der Waals surface area (Å²) in [7, 11) is 0. The first-order valence-electron chi connectivity index (χ1n) is 16.4. The SMILES string of the molecule is CCN(CC)c1ccc2c(c1)Oc1cc(N(CC)CC)ccc1C21c2ccccc2C(=O)N1/N=C/c1cccc(-c2ccccn2)n1. The zero-order chi connectivity index (χ0) is 32.5. The second-order valence-electron chi connectivity index (χ2n) is 11.6. The molecule has 0 aliphatic carbocycles. The van der Waals surface area contributed by atoms with Gasteiger partial charge in [-0.2, -0.15) is 5.10 Å². The molecule has 2 aliphatic rings. The topological polar surface area (TPSA) is 74.2 Å². The molecule has 8 heteroatoms. The lowest BCUT2D eigenvalue weighted by molar-refractivity contribution is 0.0675. The standard InChI is InChI=1S/C39H38N6O2/c1-5-43(6-2)28-19-21-32-36(24-28)47-37-25-29(44(7-3)8-4)20-22-33(37)39(32)31-16-10-9-15-30(31)38(46)45(39)41-26-27-14-13-18-35(42-27)34-17-11-12-23-40-34/h9-26H,5-8H2,1-4H3/b41-26+. The largest absolute Gasteiger partial charge is 0.456 e. The van der Waals surface area contributed by atoms with Crippen LogP contribution in [0.25, 0.3) is 11.4 Å². The number of hydrazone groups is 1. The number of pyridine rings is 2. The first-order chi connectivity index (χ1) is 23.0. The summed E-state index contributed by atoms with van der Waals surface area (Å²) < 4.78 is 6.79. The molecule has 0 bridgehead atoms. The van der Waals surface area contributed by atoms with Crippen LogP contribution in [0, 0.1) is 0 Å². The summed E-state index contributed by atoms with van der Waals surface area (Å²) in [4.78, 5) is 28.3. The van der Waals surface area contributed by atoms with Crippen molar-refractivity contribution in [2.75, 3.05) is 36.0 Å². The number of ether oxygens (including phenoxy) is 1. The van der Waals surface area contributed by atoms with Gasteiger partial charge >= 0.3 is 0 Å². The van der Waals surface area contributed by atoms with E-state index in [2.05, 4.69) is 78.9 Å². The number of amides is 1. The van der Waals surface area contributed by atoms with E-state index >= 15 is 0 Å². The van der Waals surface area contributed by atoms with Crippen LogP contribution in [0.3, 0.4) is 0 Å². The lowest BCUT2D eigenvalue weighted by Crippen LogP contribution is -2.44. The Bertz CT molecular complexity index is 1900. The highest BCUT2D eigenvalue weighted by atomic mass is 16.5. The van der Waals surface area contributed by atoms with Crippen LogP contribution < -0.4 is 14.5 Å². The molecule has 0 saturated carbocycles. The minimum Gasteiger partial charge on any atom is -0.456 e. The average molecular weight is 623 g/mol. The van der Waals surface area contributed by atoms with Crippen LogP contribution in [0.2, 0.25) is 0 Å². The molecular weight excluding hydrogens is 584 g/mol. The second kappa shape index (κ2) is 12.4. The number of carbonyl (C=O) groups is 1. The van der Waals surface area contributed by atoms with E-state index in [1.807, 2.05) is 60.7 Å². The van der Waals surface area contributed by atoms with Gasteiger partial charge in [0.15, 0.2) is 0 Å². The third-order valence-corrected chi connectivity index (χ3v) is 9.25. The highest BCUT2D eigenvalue weighted by molar-refractivity contribution is 6.03.